The number of carboxylic acids is 3. The Morgan fingerprint density at radius 3 is 1.41 bits per heavy atom. The minimum atomic E-state index is -1.90. The molecule has 0 bridgehead atoms. The molecule has 0 spiro atoms. The van der Waals surface area contributed by atoms with Crippen LogP contribution in [0.4, 0.5) is 0 Å². The van der Waals surface area contributed by atoms with E-state index in [9.17, 15) is 88.2 Å². The maximum atomic E-state index is 14.6. The van der Waals surface area contributed by atoms with Crippen LogP contribution in [-0.2, 0) is 76.8 Å². The number of hydrogen-bond donors (Lipinski definition) is 12. The van der Waals surface area contributed by atoms with Gasteiger partial charge in [0.05, 0.1) is 12.8 Å². The summed E-state index contributed by atoms with van der Waals surface area (Å²) in [5.41, 5.74) is 1.40. The number of phenolic OH excluding ortho intramolecular Hbond substituents is 3. The van der Waals surface area contributed by atoms with E-state index in [2.05, 4.69) is 31.9 Å². The highest BCUT2D eigenvalue weighted by molar-refractivity contribution is 6.00. The number of carbonyl (C=O) groups excluding carboxylic acids is 9. The number of amides is 9. The molecule has 12 N–H and O–H groups in total. The van der Waals surface area contributed by atoms with Gasteiger partial charge in [0.15, 0.2) is 0 Å². The van der Waals surface area contributed by atoms with E-state index in [0.717, 1.165) is 9.80 Å². The number of nitrogens with zero attached hydrogens (tertiary/aromatic N) is 3. The number of likely N-dealkylation sites (tertiary alicyclic amines) is 2. The zero-order chi connectivity index (χ0) is 61.4. The molecule has 2 fully saturated rings. The fourth-order valence-corrected chi connectivity index (χ4v) is 9.73. The Labute approximate surface area is 477 Å². The molecule has 0 radical (unpaired) electrons. The average Bonchev–Trinajstić information content (AvgIpc) is 4.32. The van der Waals surface area contributed by atoms with Gasteiger partial charge >= 0.3 is 17.9 Å². The molecule has 0 aromatic heterocycles. The van der Waals surface area contributed by atoms with Crippen molar-refractivity contribution in [1.29, 1.82) is 0 Å². The summed E-state index contributed by atoms with van der Waals surface area (Å²) >= 11 is 0. The van der Waals surface area contributed by atoms with Crippen molar-refractivity contribution >= 4 is 71.1 Å². The standard InChI is InChI=1S/C56H71N9O18/c1-29(2)47(55(81)64-22-6-8-42(64)51(77)60-39(27-45(70)71)49(75)59-38(48(74)57-30(3)56(82)83)24-32-10-16-35(67)17-11-32)62-50(76)40(28-46(72)73)61-52(78)44(26-34-14-20-37(69)21-15-34)63(5)54(80)43-9-7-23-65(43)53(79)41(58-31(4)66)25-33-12-18-36(68)19-13-33/h10-21,29-30,38-44,47,67-69H,6-9,22-28H2,1-5H3,(H,57,74)(H,58,66)(H,59,75)(H,60,77)(H,61,78)(H,62,76)(H,70,71)(H,72,73)(H,82,83)/t30-,38-,39-,40-,41-,42-,43-,44-,47-/m0/s1. The van der Waals surface area contributed by atoms with E-state index in [1.165, 1.54) is 100 Å². The normalized spacial score (nSPS) is 17.3. The first kappa shape index (κ1) is 64.5. The van der Waals surface area contributed by atoms with Gasteiger partial charge in [-0.25, -0.2) is 0 Å². The number of hydrogen-bond acceptors (Lipinski definition) is 15. The van der Waals surface area contributed by atoms with Crippen LogP contribution in [0.1, 0.15) is 82.9 Å². The third-order valence-electron chi connectivity index (χ3n) is 14.2. The van der Waals surface area contributed by atoms with Gasteiger partial charge in [-0.3, -0.25) is 57.5 Å². The number of aromatic hydroxyl groups is 3. The van der Waals surface area contributed by atoms with E-state index in [1.807, 2.05) is 0 Å². The minimum absolute atomic E-state index is 0.00637. The number of carbonyl (C=O) groups is 12. The van der Waals surface area contributed by atoms with Crippen LogP contribution >= 0.6 is 0 Å². The largest absolute Gasteiger partial charge is 0.508 e. The van der Waals surface area contributed by atoms with Crippen LogP contribution in [0.2, 0.25) is 0 Å². The zero-order valence-corrected chi connectivity index (χ0v) is 46.4. The summed E-state index contributed by atoms with van der Waals surface area (Å²) in [6.45, 7) is 5.49. The first-order chi connectivity index (χ1) is 39.1. The van der Waals surface area contributed by atoms with Crippen LogP contribution in [0.5, 0.6) is 17.2 Å². The Morgan fingerprint density at radius 1 is 0.518 bits per heavy atom. The lowest BCUT2D eigenvalue weighted by molar-refractivity contribution is -0.148. The van der Waals surface area contributed by atoms with E-state index >= 15 is 0 Å². The highest BCUT2D eigenvalue weighted by atomic mass is 16.4. The number of rotatable bonds is 27. The number of benzene rings is 3. The first-order valence-electron chi connectivity index (χ1n) is 26.8. The molecule has 27 heteroatoms. The molecule has 9 atom stereocenters. The van der Waals surface area contributed by atoms with Gasteiger partial charge in [0.25, 0.3) is 0 Å². The number of phenols is 3. The Bertz CT molecular complexity index is 2890. The van der Waals surface area contributed by atoms with Crippen molar-refractivity contribution in [2.24, 2.45) is 5.92 Å². The van der Waals surface area contributed by atoms with E-state index in [4.69, 9.17) is 0 Å². The molecule has 5 rings (SSSR count). The van der Waals surface area contributed by atoms with Crippen molar-refractivity contribution in [3.63, 3.8) is 0 Å². The number of likely N-dealkylation sites (N-methyl/N-ethyl adjacent to an activating group) is 1. The van der Waals surface area contributed by atoms with Gasteiger partial charge in [-0.2, -0.15) is 0 Å². The summed E-state index contributed by atoms with van der Waals surface area (Å²) in [7, 11) is 1.29. The molecular weight excluding hydrogens is 1090 g/mol. The van der Waals surface area contributed by atoms with Crippen LogP contribution in [0, 0.1) is 5.92 Å². The molecular formula is C56H71N9O18. The summed E-state index contributed by atoms with van der Waals surface area (Å²) in [5.74, 6) is -13.5. The van der Waals surface area contributed by atoms with Gasteiger partial charge in [0.1, 0.15) is 71.6 Å². The summed E-state index contributed by atoms with van der Waals surface area (Å²) in [6, 6.07) is 3.70. The summed E-state index contributed by atoms with van der Waals surface area (Å²) in [4.78, 5) is 165. The molecule has 0 aliphatic carbocycles. The van der Waals surface area contributed by atoms with Crippen LogP contribution in [0.25, 0.3) is 0 Å². The average molecular weight is 1160 g/mol. The van der Waals surface area contributed by atoms with Crippen molar-refractivity contribution in [1.82, 2.24) is 46.6 Å². The van der Waals surface area contributed by atoms with Crippen molar-refractivity contribution in [3.05, 3.63) is 89.5 Å². The van der Waals surface area contributed by atoms with Crippen molar-refractivity contribution in [2.45, 2.75) is 140 Å². The van der Waals surface area contributed by atoms with Gasteiger partial charge in [-0.1, -0.05) is 50.2 Å². The summed E-state index contributed by atoms with van der Waals surface area (Å²) < 4.78 is 0. The molecule has 2 saturated heterocycles. The molecule has 2 aliphatic heterocycles. The second-order valence-corrected chi connectivity index (χ2v) is 20.9. The van der Waals surface area contributed by atoms with Crippen molar-refractivity contribution in [3.8, 4) is 17.2 Å². The Kier molecular flexibility index (Phi) is 22.9. The maximum absolute atomic E-state index is 14.6. The minimum Gasteiger partial charge on any atom is -0.508 e. The smallest absolute Gasteiger partial charge is 0.325 e. The second kappa shape index (κ2) is 29.4. The van der Waals surface area contributed by atoms with Crippen molar-refractivity contribution < 1.29 is 88.2 Å². The molecule has 0 unspecified atom stereocenters. The van der Waals surface area contributed by atoms with Crippen LogP contribution in [-0.4, -0.2) is 191 Å². The highest BCUT2D eigenvalue weighted by Gasteiger charge is 2.44. The monoisotopic (exact) mass is 1160 g/mol. The predicted molar refractivity (Wildman–Crippen MR) is 291 cm³/mol. The number of nitrogens with one attached hydrogen (secondary N) is 6. The Hall–Kier alpha value is -9.30. The fraction of sp³-hybridized carbons (Fsp3) is 0.464. The lowest BCUT2D eigenvalue weighted by Gasteiger charge is -2.35. The Morgan fingerprint density at radius 2 is 0.940 bits per heavy atom. The highest BCUT2D eigenvalue weighted by Crippen LogP contribution is 2.25. The number of aliphatic carboxylic acids is 3. The van der Waals surface area contributed by atoms with Crippen LogP contribution in [0.3, 0.4) is 0 Å². The van der Waals surface area contributed by atoms with Gasteiger partial charge in [-0.15, -0.1) is 0 Å². The second-order valence-electron chi connectivity index (χ2n) is 20.9. The van der Waals surface area contributed by atoms with Gasteiger partial charge in [-0.05, 0) is 91.6 Å². The van der Waals surface area contributed by atoms with Crippen LogP contribution < -0.4 is 31.9 Å². The van der Waals surface area contributed by atoms with Gasteiger partial charge in [0, 0.05) is 46.3 Å². The molecule has 0 saturated carbocycles. The molecule has 3 aromatic carbocycles. The van der Waals surface area contributed by atoms with E-state index in [0.29, 0.717) is 23.1 Å². The SMILES string of the molecule is CC(=O)N[C@@H](Cc1ccc(O)cc1)C(=O)N1CCC[C@H]1C(=O)N(C)[C@@H](Cc1ccc(O)cc1)C(=O)N[C@@H](CC(=O)O)C(=O)N[C@H](C(=O)N1CCC[C@H]1C(=O)N[C@@H](CC(=O)O)C(=O)N[C@@H](Cc1ccc(O)cc1)C(=O)N[C@@H](C)C(=O)O)C(C)C. The lowest BCUT2D eigenvalue weighted by atomic mass is 10.00. The maximum Gasteiger partial charge on any atom is 0.325 e. The van der Waals surface area contributed by atoms with Gasteiger partial charge in [0.2, 0.25) is 53.2 Å². The number of carboxylic acid groups (broad SMARTS) is 3. The Balaban J connectivity index is 1.34. The summed E-state index contributed by atoms with van der Waals surface area (Å²) in [5, 5.41) is 73.3. The first-order valence-corrected chi connectivity index (χ1v) is 26.8. The third kappa shape index (κ3) is 18.4. The van der Waals surface area contributed by atoms with E-state index in [1.54, 1.807) is 12.1 Å². The molecule has 3 aromatic rings. The topological polar surface area (TPSA) is 408 Å². The predicted octanol–water partition coefficient (Wildman–Crippen LogP) is -0.721. The molecule has 27 nitrogen and oxygen atoms in total. The van der Waals surface area contributed by atoms with E-state index < -0.39 is 144 Å². The van der Waals surface area contributed by atoms with Gasteiger partial charge < -0.3 is 77.2 Å². The quantitative estimate of drug-likeness (QED) is 0.0448. The molecule has 448 valence electrons. The summed E-state index contributed by atoms with van der Waals surface area (Å²) in [6.07, 6.45) is -1.84. The van der Waals surface area contributed by atoms with E-state index in [-0.39, 0.29) is 68.9 Å². The van der Waals surface area contributed by atoms with Crippen LogP contribution in [0.15, 0.2) is 72.8 Å². The fourth-order valence-electron chi connectivity index (χ4n) is 9.73. The third-order valence-corrected chi connectivity index (χ3v) is 14.2. The lowest BCUT2D eigenvalue weighted by Crippen LogP contribution is -2.61. The molecule has 9 amide bonds. The van der Waals surface area contributed by atoms with Crippen molar-refractivity contribution in [2.75, 3.05) is 20.1 Å². The molecule has 2 aliphatic rings. The molecule has 83 heavy (non-hydrogen) atoms. The zero-order valence-electron chi connectivity index (χ0n) is 46.4. The molecule has 2 heterocycles.